The molecule has 0 saturated carbocycles. The van der Waals surface area contributed by atoms with Gasteiger partial charge >= 0.3 is 0 Å². The number of rotatable bonds is 6. The molecule has 1 atom stereocenters. The molecule has 0 saturated heterocycles. The Labute approximate surface area is 140 Å². The van der Waals surface area contributed by atoms with Crippen LogP contribution in [0.25, 0.3) is 0 Å². The molecule has 0 spiro atoms. The van der Waals surface area contributed by atoms with E-state index in [0.717, 1.165) is 5.56 Å². The van der Waals surface area contributed by atoms with Gasteiger partial charge in [0.05, 0.1) is 12.5 Å². The van der Waals surface area contributed by atoms with Crippen molar-refractivity contribution in [1.29, 1.82) is 0 Å². The van der Waals surface area contributed by atoms with Gasteiger partial charge in [-0.3, -0.25) is 4.79 Å². The molecule has 3 rings (SSSR count). The topological polar surface area (TPSA) is 34.0 Å². The van der Waals surface area contributed by atoms with Gasteiger partial charge in [0.2, 0.25) is 5.91 Å². The second kappa shape index (κ2) is 7.29. The van der Waals surface area contributed by atoms with Crippen LogP contribution in [0.5, 0.6) is 0 Å². The average Bonchev–Trinajstić information content (AvgIpc) is 3.25. The highest BCUT2D eigenvalue weighted by Gasteiger charge is 2.18. The summed E-state index contributed by atoms with van der Waals surface area (Å²) in [5, 5.41) is 5.08. The van der Waals surface area contributed by atoms with Gasteiger partial charge in [0.1, 0.15) is 0 Å². The monoisotopic (exact) mass is 324 g/mol. The quantitative estimate of drug-likeness (QED) is 0.726. The van der Waals surface area contributed by atoms with Crippen molar-refractivity contribution in [1.82, 2.24) is 9.88 Å². The van der Waals surface area contributed by atoms with Gasteiger partial charge in [-0.15, -0.1) is 11.3 Å². The van der Waals surface area contributed by atoms with Crippen molar-refractivity contribution < 1.29 is 4.79 Å². The van der Waals surface area contributed by atoms with Crippen LogP contribution < -0.4 is 5.32 Å². The summed E-state index contributed by atoms with van der Waals surface area (Å²) in [6.45, 7) is 2.63. The molecule has 1 amide bonds. The summed E-state index contributed by atoms with van der Waals surface area (Å²) in [6, 6.07) is 16.4. The van der Waals surface area contributed by atoms with E-state index in [2.05, 4.69) is 52.5 Å². The van der Waals surface area contributed by atoms with Crippen molar-refractivity contribution in [3.63, 3.8) is 0 Å². The molecule has 0 unspecified atom stereocenters. The minimum absolute atomic E-state index is 0.0583. The van der Waals surface area contributed by atoms with E-state index < -0.39 is 0 Å². The van der Waals surface area contributed by atoms with E-state index in [1.165, 1.54) is 10.4 Å². The summed E-state index contributed by atoms with van der Waals surface area (Å²) in [5.41, 5.74) is 2.35. The first-order chi connectivity index (χ1) is 11.2. The zero-order valence-electron chi connectivity index (χ0n) is 13.1. The van der Waals surface area contributed by atoms with Gasteiger partial charge < -0.3 is 9.88 Å². The Hall–Kier alpha value is -2.33. The number of aromatic nitrogens is 1. The maximum absolute atomic E-state index is 12.4. The van der Waals surface area contributed by atoms with E-state index in [4.69, 9.17) is 0 Å². The van der Waals surface area contributed by atoms with E-state index in [9.17, 15) is 4.79 Å². The lowest BCUT2D eigenvalue weighted by Crippen LogP contribution is -2.26. The fraction of sp³-hybridized carbons (Fsp3) is 0.211. The van der Waals surface area contributed by atoms with Crippen molar-refractivity contribution in [2.75, 3.05) is 0 Å². The largest absolute Gasteiger partial charge is 0.352 e. The molecular weight excluding hydrogens is 304 g/mol. The second-order valence-corrected chi connectivity index (χ2v) is 6.61. The fourth-order valence-electron chi connectivity index (χ4n) is 2.54. The predicted molar refractivity (Wildman–Crippen MR) is 94.5 cm³/mol. The Balaban J connectivity index is 1.63. The zero-order valence-corrected chi connectivity index (χ0v) is 13.9. The van der Waals surface area contributed by atoms with Crippen LogP contribution in [0.2, 0.25) is 0 Å². The first-order valence-electron chi connectivity index (χ1n) is 7.70. The van der Waals surface area contributed by atoms with E-state index in [0.29, 0.717) is 13.0 Å². The van der Waals surface area contributed by atoms with Crippen molar-refractivity contribution in [2.24, 2.45) is 0 Å². The van der Waals surface area contributed by atoms with Crippen LogP contribution in [-0.4, -0.2) is 10.5 Å². The van der Waals surface area contributed by atoms with E-state index in [1.54, 1.807) is 11.3 Å². The van der Waals surface area contributed by atoms with E-state index in [1.807, 2.05) is 30.6 Å². The number of amides is 1. The highest BCUT2D eigenvalue weighted by atomic mass is 32.1. The van der Waals surface area contributed by atoms with Crippen LogP contribution in [-0.2, 0) is 11.3 Å². The fourth-order valence-corrected chi connectivity index (χ4v) is 3.38. The lowest BCUT2D eigenvalue weighted by atomic mass is 10.1. The second-order valence-electron chi connectivity index (χ2n) is 5.63. The molecule has 0 aliphatic heterocycles. The first kappa shape index (κ1) is 15.6. The molecule has 4 heteroatoms. The molecule has 0 aliphatic rings. The Morgan fingerprint density at radius 2 is 1.87 bits per heavy atom. The third-order valence-corrected chi connectivity index (χ3v) is 4.82. The Bertz CT molecular complexity index is 696. The number of aryl methyl sites for hydroxylation is 1. The molecule has 0 fully saturated rings. The van der Waals surface area contributed by atoms with Gasteiger partial charge in [0, 0.05) is 23.8 Å². The van der Waals surface area contributed by atoms with Crippen LogP contribution in [0, 0.1) is 6.92 Å². The van der Waals surface area contributed by atoms with Crippen LogP contribution in [0.3, 0.4) is 0 Å². The molecule has 0 aliphatic carbocycles. The summed E-state index contributed by atoms with van der Waals surface area (Å²) >= 11 is 1.69. The minimum Gasteiger partial charge on any atom is -0.352 e. The van der Waals surface area contributed by atoms with Crippen LogP contribution >= 0.6 is 11.3 Å². The molecule has 3 nitrogen and oxygen atoms in total. The third-order valence-electron chi connectivity index (χ3n) is 3.85. The third kappa shape index (κ3) is 4.11. The number of thiophene rings is 1. The summed E-state index contributed by atoms with van der Waals surface area (Å²) in [4.78, 5) is 13.6. The maximum Gasteiger partial charge on any atom is 0.222 e. The molecule has 3 aromatic rings. The number of hydrogen-bond donors (Lipinski definition) is 1. The maximum atomic E-state index is 12.4. The van der Waals surface area contributed by atoms with Gasteiger partial charge in [0.15, 0.2) is 0 Å². The smallest absolute Gasteiger partial charge is 0.222 e. The standard InChI is InChI=1S/C19H20N2OS/c1-15-6-8-16(9-7-15)14-20-19(22)13-17(18-5-4-12-23-18)21-10-2-3-11-21/h2-12,17H,13-14H2,1H3,(H,20,22)/t17-/m0/s1. The first-order valence-corrected chi connectivity index (χ1v) is 8.58. The molecule has 118 valence electrons. The minimum atomic E-state index is 0.0583. The average molecular weight is 324 g/mol. The van der Waals surface area contributed by atoms with E-state index in [-0.39, 0.29) is 11.9 Å². The summed E-state index contributed by atoms with van der Waals surface area (Å²) < 4.78 is 2.09. The molecule has 0 radical (unpaired) electrons. The van der Waals surface area contributed by atoms with Gasteiger partial charge in [-0.05, 0) is 36.1 Å². The Morgan fingerprint density at radius 1 is 1.13 bits per heavy atom. The Kier molecular flexibility index (Phi) is 4.93. The lowest BCUT2D eigenvalue weighted by Gasteiger charge is -2.17. The van der Waals surface area contributed by atoms with Crippen molar-refractivity contribution >= 4 is 17.2 Å². The van der Waals surface area contributed by atoms with Gasteiger partial charge in [-0.2, -0.15) is 0 Å². The summed E-state index contributed by atoms with van der Waals surface area (Å²) in [7, 11) is 0. The van der Waals surface area contributed by atoms with Crippen LogP contribution in [0.4, 0.5) is 0 Å². The molecule has 0 bridgehead atoms. The molecule has 1 N–H and O–H groups in total. The number of benzene rings is 1. The molecular formula is C19H20N2OS. The molecule has 2 heterocycles. The predicted octanol–water partition coefficient (Wildman–Crippen LogP) is 4.15. The number of hydrogen-bond acceptors (Lipinski definition) is 2. The van der Waals surface area contributed by atoms with Crippen molar-refractivity contribution in [2.45, 2.75) is 25.9 Å². The van der Waals surface area contributed by atoms with Crippen LogP contribution in [0.1, 0.15) is 28.5 Å². The van der Waals surface area contributed by atoms with Gasteiger partial charge in [-0.25, -0.2) is 0 Å². The van der Waals surface area contributed by atoms with Crippen LogP contribution in [0.15, 0.2) is 66.3 Å². The van der Waals surface area contributed by atoms with Gasteiger partial charge in [-0.1, -0.05) is 35.9 Å². The van der Waals surface area contributed by atoms with Crippen molar-refractivity contribution in [3.8, 4) is 0 Å². The normalized spacial score (nSPS) is 12.0. The summed E-state index contributed by atoms with van der Waals surface area (Å²) in [5.74, 6) is 0.0673. The number of nitrogens with one attached hydrogen (secondary N) is 1. The number of nitrogens with zero attached hydrogens (tertiary/aromatic N) is 1. The van der Waals surface area contributed by atoms with Gasteiger partial charge in [0.25, 0.3) is 0 Å². The highest BCUT2D eigenvalue weighted by Crippen LogP contribution is 2.26. The van der Waals surface area contributed by atoms with Crippen molar-refractivity contribution in [3.05, 3.63) is 82.3 Å². The number of carbonyl (C=O) groups excluding carboxylic acids is 1. The highest BCUT2D eigenvalue weighted by molar-refractivity contribution is 7.10. The van der Waals surface area contributed by atoms with E-state index >= 15 is 0 Å². The lowest BCUT2D eigenvalue weighted by molar-refractivity contribution is -0.121. The molecule has 2 aromatic heterocycles. The molecule has 23 heavy (non-hydrogen) atoms. The zero-order chi connectivity index (χ0) is 16.1. The Morgan fingerprint density at radius 3 is 2.52 bits per heavy atom. The number of carbonyl (C=O) groups is 1. The molecule has 1 aromatic carbocycles. The summed E-state index contributed by atoms with van der Waals surface area (Å²) in [6.07, 6.45) is 4.47. The SMILES string of the molecule is Cc1ccc(CNC(=O)C[C@@H](c2cccs2)n2cccc2)cc1.